The van der Waals surface area contributed by atoms with Crippen molar-refractivity contribution in [2.75, 3.05) is 0 Å². The van der Waals surface area contributed by atoms with Crippen molar-refractivity contribution in [3.05, 3.63) is 142 Å². The van der Waals surface area contributed by atoms with Crippen molar-refractivity contribution >= 4 is 52.3 Å². The van der Waals surface area contributed by atoms with Crippen LogP contribution in [0.5, 0.6) is 0 Å². The summed E-state index contributed by atoms with van der Waals surface area (Å²) in [5.41, 5.74) is -39.5. The Kier molecular flexibility index (Phi) is 14.9. The predicted octanol–water partition coefficient (Wildman–Crippen LogP) is 10.8. The Morgan fingerprint density at radius 2 is 0.364 bits per heavy atom. The van der Waals surface area contributed by atoms with Crippen molar-refractivity contribution in [2.24, 2.45) is 0 Å². The van der Waals surface area contributed by atoms with Crippen molar-refractivity contribution in [1.29, 1.82) is 0 Å². The van der Waals surface area contributed by atoms with Crippen LogP contribution in [0.15, 0.2) is 74.8 Å². The number of rotatable bonds is 8. The Morgan fingerprint density at radius 1 is 0.258 bits per heavy atom. The van der Waals surface area contributed by atoms with Crippen LogP contribution in [-0.4, -0.2) is 6.15 Å². The second-order valence-corrected chi connectivity index (χ2v) is 13.8. The van der Waals surface area contributed by atoms with Gasteiger partial charge in [-0.05, 0) is 22.3 Å². The van der Waals surface area contributed by atoms with Gasteiger partial charge in [-0.1, -0.05) is 99.2 Å². The summed E-state index contributed by atoms with van der Waals surface area (Å²) in [4.78, 5) is 0. The van der Waals surface area contributed by atoms with Gasteiger partial charge in [-0.2, -0.15) is 127 Å². The van der Waals surface area contributed by atoms with Crippen LogP contribution >= 0.6 is 0 Å². The fourth-order valence-corrected chi connectivity index (χ4v) is 7.61. The molecule has 352 valence electrons. The Morgan fingerprint density at radius 3 is 0.439 bits per heavy atom. The smallest absolute Gasteiger partial charge is 0.194 e. The molecule has 0 aliphatic rings. The van der Waals surface area contributed by atoms with Gasteiger partial charge in [0.05, 0.1) is 44.5 Å². The van der Waals surface area contributed by atoms with Crippen molar-refractivity contribution in [2.45, 2.75) is 49.4 Å². The third-order valence-corrected chi connectivity index (χ3v) is 10.1. The zero-order valence-electron chi connectivity index (χ0n) is 32.4. The van der Waals surface area contributed by atoms with Crippen LogP contribution < -0.4 is 51.4 Å². The van der Waals surface area contributed by atoms with Gasteiger partial charge in [0.15, 0.2) is 0 Å². The van der Waals surface area contributed by atoms with Crippen LogP contribution in [0.3, 0.4) is 0 Å². The molecule has 0 heterocycles. The Labute approximate surface area is 377 Å². The average molecular weight is 990 g/mol. The van der Waals surface area contributed by atoms with Gasteiger partial charge < -0.3 is 0 Å². The molecule has 0 aliphatic heterocycles. The molecule has 0 saturated carbocycles. The molecule has 0 amide bonds. The van der Waals surface area contributed by atoms with E-state index in [9.17, 15) is 105 Å². The number of halogens is 24. The molecule has 0 saturated heterocycles. The molecule has 0 bridgehead atoms. The predicted molar refractivity (Wildman–Crippen MR) is 190 cm³/mol. The van der Waals surface area contributed by atoms with Crippen molar-refractivity contribution in [1.82, 2.24) is 0 Å². The molecular formula is C40H20BF24Na. The van der Waals surface area contributed by atoms with Gasteiger partial charge in [0, 0.05) is 0 Å². The third-order valence-electron chi connectivity index (χ3n) is 10.1. The maximum absolute atomic E-state index is 14.9. The van der Waals surface area contributed by atoms with Crippen LogP contribution in [0.2, 0.25) is 0 Å². The Balaban J connectivity index is 0.0000116. The van der Waals surface area contributed by atoms with E-state index in [4.69, 9.17) is 0 Å². The van der Waals surface area contributed by atoms with Gasteiger partial charge in [-0.3, -0.25) is 0 Å². The van der Waals surface area contributed by atoms with Gasteiger partial charge in [0.1, 0.15) is 6.15 Å². The van der Waals surface area contributed by atoms with Gasteiger partial charge in [-0.25, -0.2) is 0 Å². The summed E-state index contributed by atoms with van der Waals surface area (Å²) in [5.74, 6) is 0. The van der Waals surface area contributed by atoms with E-state index in [0.29, 0.717) is 0 Å². The maximum Gasteiger partial charge on any atom is 1.00 e. The largest absolute Gasteiger partial charge is 1.00 e. The summed E-state index contributed by atoms with van der Waals surface area (Å²) in [6.07, 6.45) is -56.9. The second kappa shape index (κ2) is 17.7. The standard InChI is InChI=1S/C40H20BF24.Na/c1-5-21-25(33(42,43)44)9-17(10-26(21)34(45,46)47)41(18-11-27(35(48,49)50)22(6-2)28(12-18)36(51,52)53,19-13-29(37(54,55)56)23(7-3)30(14-19)38(57,58)59)20-15-31(39(60,61)62)24(8-4)32(16-20)40(63,64)65;/h5-16H,1-4H2;/q-1;+1. The Bertz CT molecular complexity index is 2060. The fourth-order valence-electron chi connectivity index (χ4n) is 7.61. The molecule has 0 atom stereocenters. The second-order valence-electron chi connectivity index (χ2n) is 13.8. The van der Waals surface area contributed by atoms with Gasteiger partial charge in [0.2, 0.25) is 0 Å². The summed E-state index contributed by atoms with van der Waals surface area (Å²) in [6.45, 7) is 11.0. The Hall–Kier alpha value is -4.78. The number of benzene rings is 4. The van der Waals surface area contributed by atoms with Crippen LogP contribution in [0.25, 0.3) is 24.3 Å². The van der Waals surface area contributed by atoms with E-state index in [-0.39, 0.29) is 53.9 Å². The third kappa shape index (κ3) is 10.4. The first-order valence-electron chi connectivity index (χ1n) is 17.1. The summed E-state index contributed by atoms with van der Waals surface area (Å²) in [5, 5.41) is 0. The van der Waals surface area contributed by atoms with E-state index >= 15 is 0 Å². The first kappa shape index (κ1) is 55.6. The number of hydrogen-bond acceptors (Lipinski definition) is 0. The van der Waals surface area contributed by atoms with Crippen LogP contribution in [-0.2, 0) is 49.4 Å². The minimum absolute atomic E-state index is 0. The molecule has 0 unspecified atom stereocenters. The summed E-state index contributed by atoms with van der Waals surface area (Å²) >= 11 is 0. The molecule has 4 aromatic carbocycles. The average Bonchev–Trinajstić information content (AvgIpc) is 3.13. The maximum atomic E-state index is 14.9. The molecule has 0 spiro atoms. The van der Waals surface area contributed by atoms with E-state index in [0.717, 1.165) is 0 Å². The van der Waals surface area contributed by atoms with E-state index in [1.807, 2.05) is 0 Å². The van der Waals surface area contributed by atoms with Crippen molar-refractivity contribution in [3.63, 3.8) is 0 Å². The molecule has 0 fully saturated rings. The molecule has 66 heavy (non-hydrogen) atoms. The van der Waals surface area contributed by atoms with Crippen molar-refractivity contribution < 1.29 is 135 Å². The zero-order chi connectivity index (χ0) is 50.2. The van der Waals surface area contributed by atoms with Crippen molar-refractivity contribution in [3.8, 4) is 0 Å². The topological polar surface area (TPSA) is 0 Å². The van der Waals surface area contributed by atoms with E-state index in [2.05, 4.69) is 26.3 Å². The first-order valence-corrected chi connectivity index (χ1v) is 17.1. The quantitative estimate of drug-likeness (QED) is 0.122. The summed E-state index contributed by atoms with van der Waals surface area (Å²) in [7, 11) is 0. The molecule has 4 aromatic rings. The van der Waals surface area contributed by atoms with E-state index in [1.54, 1.807) is 0 Å². The zero-order valence-corrected chi connectivity index (χ0v) is 34.4. The SMILES string of the molecule is C=Cc1c(C(F)(F)F)cc([B-](c2cc(C(F)(F)F)c(C=C)c(C(F)(F)F)c2)(c2cc(C(F)(F)F)c(C=C)c(C(F)(F)F)c2)c2cc(C(F)(F)F)c(C=C)c(C(F)(F)F)c2)cc1C(F)(F)F.[Na+]. The monoisotopic (exact) mass is 990 g/mol. The number of hydrogen-bond donors (Lipinski definition) is 0. The van der Waals surface area contributed by atoms with Crippen LogP contribution in [0.1, 0.15) is 66.8 Å². The van der Waals surface area contributed by atoms with Crippen LogP contribution in [0.4, 0.5) is 105 Å². The molecule has 0 aromatic heterocycles. The number of alkyl halides is 24. The van der Waals surface area contributed by atoms with E-state index in [1.165, 1.54) is 0 Å². The minimum atomic E-state index is -6.26. The van der Waals surface area contributed by atoms with Gasteiger partial charge in [-0.15, -0.1) is 0 Å². The molecule has 26 heteroatoms. The molecule has 0 N–H and O–H groups in total. The molecule has 0 nitrogen and oxygen atoms in total. The molecular weight excluding hydrogens is 970 g/mol. The normalized spacial score (nSPS) is 13.6. The van der Waals surface area contributed by atoms with Crippen LogP contribution in [0, 0.1) is 0 Å². The summed E-state index contributed by atoms with van der Waals surface area (Å²) < 4.78 is 357. The van der Waals surface area contributed by atoms with Gasteiger partial charge in [0.25, 0.3) is 0 Å². The van der Waals surface area contributed by atoms with E-state index < -0.39 is 193 Å². The molecule has 0 radical (unpaired) electrons. The summed E-state index contributed by atoms with van der Waals surface area (Å²) in [6, 6.07) is -5.68. The van der Waals surface area contributed by atoms with Gasteiger partial charge >= 0.3 is 79.0 Å². The minimum Gasteiger partial charge on any atom is -0.194 e. The molecule has 0 aliphatic carbocycles. The fraction of sp³-hybridized carbons (Fsp3) is 0.200. The molecule has 4 rings (SSSR count). The first-order chi connectivity index (χ1) is 29.1.